The molecule has 0 aliphatic rings. The highest BCUT2D eigenvalue weighted by molar-refractivity contribution is 5.77. The molecule has 0 radical (unpaired) electrons. The van der Waals surface area contributed by atoms with Gasteiger partial charge >= 0.3 is 0 Å². The van der Waals surface area contributed by atoms with Crippen molar-refractivity contribution in [1.29, 1.82) is 0 Å². The van der Waals surface area contributed by atoms with Gasteiger partial charge in [0.1, 0.15) is 0 Å². The lowest BCUT2D eigenvalue weighted by Crippen LogP contribution is -2.35. The van der Waals surface area contributed by atoms with Crippen molar-refractivity contribution in [2.45, 2.75) is 31.8 Å². The summed E-state index contributed by atoms with van der Waals surface area (Å²) in [7, 11) is 0. The van der Waals surface area contributed by atoms with Gasteiger partial charge in [-0.15, -0.1) is 0 Å². The van der Waals surface area contributed by atoms with Crippen molar-refractivity contribution in [3.8, 4) is 0 Å². The molecule has 1 aromatic rings. The molecule has 94 valence electrons. The zero-order valence-electron chi connectivity index (χ0n) is 10.1. The number of carbonyl (C=O) groups is 1. The Hall–Kier alpha value is -1.39. The minimum absolute atomic E-state index is 0.114. The zero-order valence-corrected chi connectivity index (χ0v) is 10.1. The molecule has 1 amide bonds. The summed E-state index contributed by atoms with van der Waals surface area (Å²) >= 11 is 0. The lowest BCUT2D eigenvalue weighted by Gasteiger charge is -2.18. The molecule has 4 N–H and O–H groups in total. The number of nitrogens with two attached hydrogens (primary N) is 1. The van der Waals surface area contributed by atoms with Crippen molar-refractivity contribution in [3.05, 3.63) is 35.9 Å². The number of rotatable bonds is 6. The topological polar surface area (TPSA) is 75.4 Å². The van der Waals surface area contributed by atoms with Crippen LogP contribution in [0.15, 0.2) is 30.3 Å². The van der Waals surface area contributed by atoms with Crippen LogP contribution >= 0.6 is 0 Å². The van der Waals surface area contributed by atoms with E-state index in [0.29, 0.717) is 6.42 Å². The standard InChI is InChI=1S/C13H20N2O2/c1-2-11(14)8-13(17)15-12(9-16)10-6-4-3-5-7-10/h3-7,11-12,16H,2,8-9,14H2,1H3,(H,15,17)/t11?,12-/m0/s1. The van der Waals surface area contributed by atoms with Crippen LogP contribution in [0.4, 0.5) is 0 Å². The minimum atomic E-state index is -0.354. The Morgan fingerprint density at radius 2 is 2.06 bits per heavy atom. The maximum Gasteiger partial charge on any atom is 0.222 e. The first kappa shape index (κ1) is 13.7. The lowest BCUT2D eigenvalue weighted by molar-refractivity contribution is -0.122. The predicted molar refractivity (Wildman–Crippen MR) is 67.3 cm³/mol. The second kappa shape index (κ2) is 7.04. The molecule has 4 nitrogen and oxygen atoms in total. The van der Waals surface area contributed by atoms with Gasteiger partial charge in [-0.2, -0.15) is 0 Å². The highest BCUT2D eigenvalue weighted by Gasteiger charge is 2.14. The van der Waals surface area contributed by atoms with E-state index in [1.54, 1.807) is 0 Å². The molecule has 0 heterocycles. The van der Waals surface area contributed by atoms with E-state index in [1.807, 2.05) is 37.3 Å². The smallest absolute Gasteiger partial charge is 0.222 e. The fourth-order valence-corrected chi connectivity index (χ4v) is 1.56. The number of nitrogens with one attached hydrogen (secondary N) is 1. The third kappa shape index (κ3) is 4.54. The van der Waals surface area contributed by atoms with Gasteiger partial charge in [0.05, 0.1) is 12.6 Å². The summed E-state index contributed by atoms with van der Waals surface area (Å²) in [6.07, 6.45) is 1.06. The van der Waals surface area contributed by atoms with Crippen LogP contribution in [0, 0.1) is 0 Å². The van der Waals surface area contributed by atoms with E-state index in [-0.39, 0.29) is 24.6 Å². The van der Waals surface area contributed by atoms with Crippen LogP contribution in [-0.2, 0) is 4.79 Å². The van der Waals surface area contributed by atoms with Crippen LogP contribution in [0.3, 0.4) is 0 Å². The van der Waals surface area contributed by atoms with Crippen LogP contribution in [0.2, 0.25) is 0 Å². The van der Waals surface area contributed by atoms with Gasteiger partial charge in [-0.05, 0) is 12.0 Å². The van der Waals surface area contributed by atoms with E-state index >= 15 is 0 Å². The number of carbonyl (C=O) groups excluding carboxylic acids is 1. The number of hydrogen-bond acceptors (Lipinski definition) is 3. The molecule has 0 aliphatic heterocycles. The average molecular weight is 236 g/mol. The van der Waals surface area contributed by atoms with E-state index in [1.165, 1.54) is 0 Å². The fraction of sp³-hybridized carbons (Fsp3) is 0.462. The molecule has 0 fully saturated rings. The Labute approximate surface area is 102 Å². The van der Waals surface area contributed by atoms with Crippen LogP contribution in [0.5, 0.6) is 0 Å². The Balaban J connectivity index is 2.56. The van der Waals surface area contributed by atoms with Gasteiger partial charge in [-0.25, -0.2) is 0 Å². The quantitative estimate of drug-likeness (QED) is 0.688. The second-order valence-corrected chi connectivity index (χ2v) is 4.09. The predicted octanol–water partition coefficient (Wildman–Crippen LogP) is 0.964. The largest absolute Gasteiger partial charge is 0.394 e. The Kier molecular flexibility index (Phi) is 5.66. The van der Waals surface area contributed by atoms with Gasteiger partial charge in [0, 0.05) is 12.5 Å². The molecular formula is C13H20N2O2. The van der Waals surface area contributed by atoms with Crippen molar-refractivity contribution >= 4 is 5.91 Å². The van der Waals surface area contributed by atoms with Gasteiger partial charge in [-0.1, -0.05) is 37.3 Å². The van der Waals surface area contributed by atoms with Crippen molar-refractivity contribution in [1.82, 2.24) is 5.32 Å². The summed E-state index contributed by atoms with van der Waals surface area (Å²) in [6.45, 7) is 1.83. The summed E-state index contributed by atoms with van der Waals surface area (Å²) < 4.78 is 0. The summed E-state index contributed by atoms with van der Waals surface area (Å²) in [6, 6.07) is 8.93. The number of benzene rings is 1. The molecule has 0 aromatic heterocycles. The van der Waals surface area contributed by atoms with E-state index in [2.05, 4.69) is 5.32 Å². The average Bonchev–Trinajstić information content (AvgIpc) is 2.36. The van der Waals surface area contributed by atoms with Gasteiger partial charge in [0.15, 0.2) is 0 Å². The monoisotopic (exact) mass is 236 g/mol. The molecule has 0 saturated heterocycles. The summed E-state index contributed by atoms with van der Waals surface area (Å²) in [5.41, 5.74) is 6.60. The Morgan fingerprint density at radius 1 is 1.41 bits per heavy atom. The van der Waals surface area contributed by atoms with Gasteiger partial charge in [0.25, 0.3) is 0 Å². The van der Waals surface area contributed by atoms with Crippen molar-refractivity contribution in [3.63, 3.8) is 0 Å². The van der Waals surface area contributed by atoms with Gasteiger partial charge in [-0.3, -0.25) is 4.79 Å². The highest BCUT2D eigenvalue weighted by atomic mass is 16.3. The normalized spacial score (nSPS) is 14.1. The molecule has 1 unspecified atom stereocenters. The first-order valence-corrected chi connectivity index (χ1v) is 5.88. The molecular weight excluding hydrogens is 216 g/mol. The number of aliphatic hydroxyl groups is 1. The molecule has 0 aliphatic carbocycles. The van der Waals surface area contributed by atoms with Crippen molar-refractivity contribution in [2.75, 3.05) is 6.61 Å². The summed E-state index contributed by atoms with van der Waals surface area (Å²) in [4.78, 5) is 11.7. The second-order valence-electron chi connectivity index (χ2n) is 4.09. The zero-order chi connectivity index (χ0) is 12.7. The molecule has 0 saturated carbocycles. The van der Waals surface area contributed by atoms with Crippen molar-refractivity contribution < 1.29 is 9.90 Å². The number of aliphatic hydroxyl groups excluding tert-OH is 1. The molecule has 0 spiro atoms. The third-order valence-corrected chi connectivity index (χ3v) is 2.69. The molecule has 1 aromatic carbocycles. The first-order valence-electron chi connectivity index (χ1n) is 5.88. The van der Waals surface area contributed by atoms with E-state index in [4.69, 9.17) is 5.73 Å². The van der Waals surface area contributed by atoms with Crippen LogP contribution in [-0.4, -0.2) is 23.7 Å². The van der Waals surface area contributed by atoms with Crippen molar-refractivity contribution in [2.24, 2.45) is 5.73 Å². The summed E-state index contributed by atoms with van der Waals surface area (Å²) in [5.74, 6) is -0.123. The van der Waals surface area contributed by atoms with Gasteiger partial charge < -0.3 is 16.2 Å². The third-order valence-electron chi connectivity index (χ3n) is 2.69. The van der Waals surface area contributed by atoms with Crippen LogP contribution < -0.4 is 11.1 Å². The van der Waals surface area contributed by atoms with Crippen LogP contribution in [0.25, 0.3) is 0 Å². The Bertz CT molecular complexity index is 341. The highest BCUT2D eigenvalue weighted by Crippen LogP contribution is 2.11. The van der Waals surface area contributed by atoms with E-state index in [9.17, 15) is 9.90 Å². The minimum Gasteiger partial charge on any atom is -0.394 e. The first-order chi connectivity index (χ1) is 8.17. The molecule has 1 rings (SSSR count). The maximum absolute atomic E-state index is 11.7. The SMILES string of the molecule is CCC(N)CC(=O)N[C@@H](CO)c1ccccc1. The fourth-order valence-electron chi connectivity index (χ4n) is 1.56. The van der Waals surface area contributed by atoms with E-state index < -0.39 is 0 Å². The number of amides is 1. The molecule has 4 heteroatoms. The Morgan fingerprint density at radius 3 is 2.59 bits per heavy atom. The van der Waals surface area contributed by atoms with Crippen LogP contribution in [0.1, 0.15) is 31.4 Å². The maximum atomic E-state index is 11.7. The van der Waals surface area contributed by atoms with E-state index in [0.717, 1.165) is 12.0 Å². The molecule has 0 bridgehead atoms. The summed E-state index contributed by atoms with van der Waals surface area (Å²) in [5, 5.41) is 12.1. The molecule has 2 atom stereocenters. The molecule has 17 heavy (non-hydrogen) atoms. The van der Waals surface area contributed by atoms with Gasteiger partial charge in [0.2, 0.25) is 5.91 Å². The number of hydrogen-bond donors (Lipinski definition) is 3. The lowest BCUT2D eigenvalue weighted by atomic mass is 10.1.